The number of rotatable bonds is 6. The zero-order valence-corrected chi connectivity index (χ0v) is 17.3. The molecule has 2 heterocycles. The molecule has 10 heteroatoms. The van der Waals surface area contributed by atoms with Gasteiger partial charge in [-0.3, -0.25) is 4.79 Å². The Morgan fingerprint density at radius 2 is 1.88 bits per heavy atom. The Bertz CT molecular complexity index is 1130. The van der Waals surface area contributed by atoms with Gasteiger partial charge in [-0.05, 0) is 29.8 Å². The van der Waals surface area contributed by atoms with Crippen LogP contribution in [0.2, 0.25) is 0 Å². The van der Waals surface area contributed by atoms with Crippen molar-refractivity contribution < 1.29 is 32.0 Å². The fraction of sp³-hybridized carbons (Fsp3) is 0.318. The molecule has 32 heavy (non-hydrogen) atoms. The number of halogens is 3. The Morgan fingerprint density at radius 3 is 2.59 bits per heavy atom. The van der Waals surface area contributed by atoms with Gasteiger partial charge in [0.2, 0.25) is 5.91 Å². The quantitative estimate of drug-likeness (QED) is 0.561. The molecule has 1 aliphatic heterocycles. The van der Waals surface area contributed by atoms with Crippen LogP contribution in [-0.2, 0) is 17.5 Å². The largest absolute Gasteiger partial charge is 0.493 e. The maximum atomic E-state index is 13.3. The van der Waals surface area contributed by atoms with Crippen molar-refractivity contribution in [1.29, 1.82) is 0 Å². The first-order valence-corrected chi connectivity index (χ1v) is 9.79. The lowest BCUT2D eigenvalue weighted by Gasteiger charge is -2.19. The van der Waals surface area contributed by atoms with Gasteiger partial charge in [0.1, 0.15) is 0 Å². The SMILES string of the molecule is COc1ccc(-c2nc(C3CC(=O)N(Cc4ccccc4C(F)(F)F)C3)no2)cc1OC. The summed E-state index contributed by atoms with van der Waals surface area (Å²) < 4.78 is 55.7. The molecule has 168 valence electrons. The van der Waals surface area contributed by atoms with Gasteiger partial charge in [-0.25, -0.2) is 0 Å². The molecule has 0 spiro atoms. The van der Waals surface area contributed by atoms with Crippen molar-refractivity contribution in [3.05, 3.63) is 59.4 Å². The van der Waals surface area contributed by atoms with Crippen molar-refractivity contribution in [3.63, 3.8) is 0 Å². The molecule has 0 radical (unpaired) electrons. The van der Waals surface area contributed by atoms with Gasteiger partial charge in [0.05, 0.1) is 19.8 Å². The van der Waals surface area contributed by atoms with Crippen LogP contribution in [0.15, 0.2) is 47.0 Å². The smallest absolute Gasteiger partial charge is 0.416 e. The standard InChI is InChI=1S/C22H20F3N3O4/c1-30-17-8-7-13(9-18(17)31-2)21-26-20(27-32-21)15-10-19(29)28(12-15)11-14-5-3-4-6-16(14)22(23,24)25/h3-9,15H,10-12H2,1-2H3. The van der Waals surface area contributed by atoms with Crippen LogP contribution in [0, 0.1) is 0 Å². The van der Waals surface area contributed by atoms with E-state index in [2.05, 4.69) is 10.1 Å². The molecule has 1 amide bonds. The predicted octanol–water partition coefficient (Wildman–Crippen LogP) is 4.29. The number of carbonyl (C=O) groups is 1. The van der Waals surface area contributed by atoms with E-state index >= 15 is 0 Å². The van der Waals surface area contributed by atoms with Crippen LogP contribution < -0.4 is 9.47 Å². The first-order chi connectivity index (χ1) is 15.3. The number of nitrogens with zero attached hydrogens (tertiary/aromatic N) is 3. The molecule has 4 rings (SSSR count). The van der Waals surface area contributed by atoms with E-state index in [0.717, 1.165) is 6.07 Å². The van der Waals surface area contributed by atoms with E-state index < -0.39 is 11.7 Å². The third-order valence-electron chi connectivity index (χ3n) is 5.34. The van der Waals surface area contributed by atoms with Gasteiger partial charge in [-0.1, -0.05) is 23.4 Å². The molecule has 3 aromatic rings. The molecular formula is C22H20F3N3O4. The Hall–Kier alpha value is -3.56. The molecule has 1 saturated heterocycles. The average Bonchev–Trinajstić information content (AvgIpc) is 3.40. The molecule has 1 unspecified atom stereocenters. The molecule has 7 nitrogen and oxygen atoms in total. The zero-order chi connectivity index (χ0) is 22.9. The van der Waals surface area contributed by atoms with E-state index in [1.807, 2.05) is 0 Å². The summed E-state index contributed by atoms with van der Waals surface area (Å²) in [4.78, 5) is 18.3. The predicted molar refractivity (Wildman–Crippen MR) is 107 cm³/mol. The fourth-order valence-corrected chi connectivity index (χ4v) is 3.73. The number of benzene rings is 2. The Balaban J connectivity index is 1.51. The number of aromatic nitrogens is 2. The second-order valence-corrected chi connectivity index (χ2v) is 7.36. The number of alkyl halides is 3. The van der Waals surface area contributed by atoms with E-state index in [4.69, 9.17) is 14.0 Å². The summed E-state index contributed by atoms with van der Waals surface area (Å²) >= 11 is 0. The number of carbonyl (C=O) groups excluding carboxylic acids is 1. The molecule has 2 aromatic carbocycles. The van der Waals surface area contributed by atoms with E-state index in [1.54, 1.807) is 18.2 Å². The van der Waals surface area contributed by atoms with Crippen LogP contribution in [0.25, 0.3) is 11.5 Å². The van der Waals surface area contributed by atoms with E-state index in [0.29, 0.717) is 22.9 Å². The van der Waals surface area contributed by atoms with Crippen molar-refractivity contribution in [2.45, 2.75) is 25.1 Å². The maximum Gasteiger partial charge on any atom is 0.416 e. The summed E-state index contributed by atoms with van der Waals surface area (Å²) in [6, 6.07) is 10.4. The lowest BCUT2D eigenvalue weighted by molar-refractivity contribution is -0.139. The molecule has 1 aromatic heterocycles. The Labute approximate surface area is 181 Å². The molecule has 0 N–H and O–H groups in total. The van der Waals surface area contributed by atoms with Crippen LogP contribution in [0.1, 0.15) is 29.3 Å². The average molecular weight is 447 g/mol. The van der Waals surface area contributed by atoms with Gasteiger partial charge in [0, 0.05) is 31.0 Å². The summed E-state index contributed by atoms with van der Waals surface area (Å²) in [7, 11) is 3.04. The minimum atomic E-state index is -4.49. The summed E-state index contributed by atoms with van der Waals surface area (Å²) in [5.41, 5.74) is -0.0821. The van der Waals surface area contributed by atoms with Gasteiger partial charge in [-0.2, -0.15) is 18.2 Å². The second kappa shape index (κ2) is 8.52. The second-order valence-electron chi connectivity index (χ2n) is 7.36. The molecular weight excluding hydrogens is 427 g/mol. The zero-order valence-electron chi connectivity index (χ0n) is 17.3. The van der Waals surface area contributed by atoms with Crippen LogP contribution in [0.5, 0.6) is 11.5 Å². The molecule has 1 fully saturated rings. The van der Waals surface area contributed by atoms with Gasteiger partial charge < -0.3 is 18.9 Å². The molecule has 0 bridgehead atoms. The van der Waals surface area contributed by atoms with Crippen molar-refractivity contribution in [2.75, 3.05) is 20.8 Å². The Morgan fingerprint density at radius 1 is 1.12 bits per heavy atom. The number of amides is 1. The molecule has 1 atom stereocenters. The van der Waals surface area contributed by atoms with Crippen LogP contribution >= 0.6 is 0 Å². The van der Waals surface area contributed by atoms with Gasteiger partial charge in [0.25, 0.3) is 5.89 Å². The van der Waals surface area contributed by atoms with E-state index in [-0.39, 0.29) is 42.8 Å². The fourth-order valence-electron chi connectivity index (χ4n) is 3.73. The lowest BCUT2D eigenvalue weighted by atomic mass is 10.1. The van der Waals surface area contributed by atoms with Gasteiger partial charge >= 0.3 is 6.18 Å². The normalized spacial score (nSPS) is 16.5. The van der Waals surface area contributed by atoms with Crippen molar-refractivity contribution in [3.8, 4) is 23.0 Å². The highest BCUT2D eigenvalue weighted by Gasteiger charge is 2.37. The van der Waals surface area contributed by atoms with Gasteiger partial charge in [-0.15, -0.1) is 0 Å². The monoisotopic (exact) mass is 447 g/mol. The minimum Gasteiger partial charge on any atom is -0.493 e. The number of hydrogen-bond acceptors (Lipinski definition) is 6. The third kappa shape index (κ3) is 4.25. The minimum absolute atomic E-state index is 0.0492. The summed E-state index contributed by atoms with van der Waals surface area (Å²) in [5, 5.41) is 3.99. The first kappa shape index (κ1) is 21.7. The van der Waals surface area contributed by atoms with Crippen LogP contribution in [0.3, 0.4) is 0 Å². The third-order valence-corrected chi connectivity index (χ3v) is 5.34. The number of ether oxygens (including phenoxy) is 2. The number of methoxy groups -OCH3 is 2. The highest BCUT2D eigenvalue weighted by Crippen LogP contribution is 2.35. The van der Waals surface area contributed by atoms with E-state index in [1.165, 1.54) is 37.3 Å². The van der Waals surface area contributed by atoms with Crippen molar-refractivity contribution >= 4 is 5.91 Å². The van der Waals surface area contributed by atoms with Crippen LogP contribution in [0.4, 0.5) is 13.2 Å². The van der Waals surface area contributed by atoms with Crippen molar-refractivity contribution in [2.24, 2.45) is 0 Å². The van der Waals surface area contributed by atoms with Crippen molar-refractivity contribution in [1.82, 2.24) is 15.0 Å². The highest BCUT2D eigenvalue weighted by molar-refractivity contribution is 5.79. The summed E-state index contributed by atoms with van der Waals surface area (Å²) in [6.07, 6.45) is -4.39. The molecule has 0 saturated carbocycles. The lowest BCUT2D eigenvalue weighted by Crippen LogP contribution is -2.26. The summed E-state index contributed by atoms with van der Waals surface area (Å²) in [6.45, 7) is 0.0708. The topological polar surface area (TPSA) is 77.7 Å². The Kier molecular flexibility index (Phi) is 5.77. The number of hydrogen-bond donors (Lipinski definition) is 0. The molecule has 0 aliphatic carbocycles. The van der Waals surface area contributed by atoms with Crippen LogP contribution in [-0.4, -0.2) is 41.7 Å². The molecule has 1 aliphatic rings. The summed E-state index contributed by atoms with van der Waals surface area (Å²) in [5.74, 6) is 0.981. The highest BCUT2D eigenvalue weighted by atomic mass is 19.4. The first-order valence-electron chi connectivity index (χ1n) is 9.79. The number of likely N-dealkylation sites (tertiary alicyclic amines) is 1. The van der Waals surface area contributed by atoms with Gasteiger partial charge in [0.15, 0.2) is 17.3 Å². The van der Waals surface area contributed by atoms with E-state index in [9.17, 15) is 18.0 Å². The maximum absolute atomic E-state index is 13.3.